The number of rotatable bonds is 6. The molecule has 0 unspecified atom stereocenters. The van der Waals surface area contributed by atoms with Crippen molar-refractivity contribution in [3.8, 4) is 22.7 Å². The van der Waals surface area contributed by atoms with Gasteiger partial charge in [-0.15, -0.1) is 21.5 Å². The van der Waals surface area contributed by atoms with E-state index in [4.69, 9.17) is 4.42 Å². The molecule has 0 spiro atoms. The number of thioether (sulfide) groups is 1. The summed E-state index contributed by atoms with van der Waals surface area (Å²) in [5.41, 5.74) is 3.90. The third-order valence-electron chi connectivity index (χ3n) is 4.09. The highest BCUT2D eigenvalue weighted by Crippen LogP contribution is 2.30. The molecule has 6 nitrogen and oxygen atoms in total. The minimum atomic E-state index is -0.168. The van der Waals surface area contributed by atoms with Crippen molar-refractivity contribution in [1.29, 1.82) is 0 Å². The van der Waals surface area contributed by atoms with Gasteiger partial charge in [-0.25, -0.2) is 4.98 Å². The van der Waals surface area contributed by atoms with Gasteiger partial charge in [-0.2, -0.15) is 0 Å². The summed E-state index contributed by atoms with van der Waals surface area (Å²) in [6, 6.07) is 17.7. The number of anilines is 1. The molecule has 4 rings (SSSR count). The number of carbonyl (C=O) groups is 1. The van der Waals surface area contributed by atoms with Gasteiger partial charge in [0.15, 0.2) is 5.13 Å². The smallest absolute Gasteiger partial charge is 0.277 e. The van der Waals surface area contributed by atoms with Gasteiger partial charge in [-0.3, -0.25) is 4.79 Å². The maximum absolute atomic E-state index is 12.3. The van der Waals surface area contributed by atoms with E-state index in [1.54, 1.807) is 0 Å². The minimum absolute atomic E-state index is 0.161. The maximum atomic E-state index is 12.3. The second-order valence-electron chi connectivity index (χ2n) is 6.37. The summed E-state index contributed by atoms with van der Waals surface area (Å²) >= 11 is 2.66. The van der Waals surface area contributed by atoms with Crippen LogP contribution >= 0.6 is 23.1 Å². The summed E-state index contributed by atoms with van der Waals surface area (Å²) in [5.74, 6) is 0.438. The topological polar surface area (TPSA) is 80.9 Å². The van der Waals surface area contributed by atoms with Crippen molar-refractivity contribution in [2.24, 2.45) is 0 Å². The third kappa shape index (κ3) is 4.72. The third-order valence-corrected chi connectivity index (χ3v) is 5.79. The van der Waals surface area contributed by atoms with E-state index in [9.17, 15) is 4.79 Å². The van der Waals surface area contributed by atoms with E-state index in [2.05, 4.69) is 20.5 Å². The lowest BCUT2D eigenvalue weighted by molar-refractivity contribution is -0.113. The molecule has 8 heteroatoms. The molecule has 0 saturated heterocycles. The Kier molecular flexibility index (Phi) is 5.73. The van der Waals surface area contributed by atoms with Crippen LogP contribution in [0.3, 0.4) is 0 Å². The van der Waals surface area contributed by atoms with Crippen LogP contribution in [0, 0.1) is 13.8 Å². The van der Waals surface area contributed by atoms with Crippen LogP contribution in [0.2, 0.25) is 0 Å². The number of hydrogen-bond acceptors (Lipinski definition) is 7. The molecule has 0 radical (unpaired) electrons. The van der Waals surface area contributed by atoms with Gasteiger partial charge in [-0.1, -0.05) is 59.8 Å². The zero-order valence-corrected chi connectivity index (χ0v) is 17.5. The number of amides is 1. The number of aromatic nitrogens is 3. The summed E-state index contributed by atoms with van der Waals surface area (Å²) < 4.78 is 5.65. The highest BCUT2D eigenvalue weighted by molar-refractivity contribution is 7.99. The summed E-state index contributed by atoms with van der Waals surface area (Å²) in [6.45, 7) is 4.00. The van der Waals surface area contributed by atoms with Crippen molar-refractivity contribution in [3.05, 3.63) is 65.0 Å². The zero-order chi connectivity index (χ0) is 20.2. The van der Waals surface area contributed by atoms with Crippen molar-refractivity contribution in [2.45, 2.75) is 19.1 Å². The SMILES string of the molecule is Cc1cccc(-c2nnc(SCC(=O)Nc3nc(-c4ccccc4)c(C)s3)o2)c1. The molecule has 29 heavy (non-hydrogen) atoms. The van der Waals surface area contributed by atoms with Crippen molar-refractivity contribution in [1.82, 2.24) is 15.2 Å². The Morgan fingerprint density at radius 3 is 2.66 bits per heavy atom. The van der Waals surface area contributed by atoms with E-state index < -0.39 is 0 Å². The van der Waals surface area contributed by atoms with Crippen LogP contribution in [-0.4, -0.2) is 26.8 Å². The molecule has 0 fully saturated rings. The molecule has 0 bridgehead atoms. The van der Waals surface area contributed by atoms with Crippen molar-refractivity contribution < 1.29 is 9.21 Å². The molecule has 2 heterocycles. The number of nitrogens with zero attached hydrogens (tertiary/aromatic N) is 3. The lowest BCUT2D eigenvalue weighted by Crippen LogP contribution is -2.13. The summed E-state index contributed by atoms with van der Waals surface area (Å²) in [5, 5.41) is 11.9. The van der Waals surface area contributed by atoms with E-state index in [-0.39, 0.29) is 11.7 Å². The average molecular weight is 423 g/mol. The first-order valence-corrected chi connectivity index (χ1v) is 10.7. The first kappa shape index (κ1) is 19.4. The molecular weight excluding hydrogens is 404 g/mol. The Morgan fingerprint density at radius 1 is 1.07 bits per heavy atom. The Balaban J connectivity index is 1.36. The largest absolute Gasteiger partial charge is 0.411 e. The van der Waals surface area contributed by atoms with Crippen LogP contribution in [0.1, 0.15) is 10.4 Å². The predicted octanol–water partition coefficient (Wildman–Crippen LogP) is 5.21. The molecule has 1 amide bonds. The van der Waals surface area contributed by atoms with Crippen LogP contribution in [0.5, 0.6) is 0 Å². The summed E-state index contributed by atoms with van der Waals surface area (Å²) in [4.78, 5) is 17.9. The van der Waals surface area contributed by atoms with E-state index in [0.29, 0.717) is 16.2 Å². The Bertz CT molecular complexity index is 1140. The Labute approximate surface area is 176 Å². The predicted molar refractivity (Wildman–Crippen MR) is 116 cm³/mol. The molecule has 0 saturated carbocycles. The molecule has 0 atom stereocenters. The number of nitrogens with one attached hydrogen (secondary N) is 1. The molecule has 4 aromatic rings. The fourth-order valence-electron chi connectivity index (χ4n) is 2.76. The molecule has 0 aliphatic rings. The van der Waals surface area contributed by atoms with Gasteiger partial charge in [0.05, 0.1) is 11.4 Å². The van der Waals surface area contributed by atoms with Crippen LogP contribution in [0.15, 0.2) is 64.2 Å². The van der Waals surface area contributed by atoms with Gasteiger partial charge in [0.1, 0.15) is 0 Å². The first-order chi connectivity index (χ1) is 14.1. The monoisotopic (exact) mass is 422 g/mol. The molecular formula is C21H18N4O2S2. The van der Waals surface area contributed by atoms with Gasteiger partial charge in [0, 0.05) is 16.0 Å². The van der Waals surface area contributed by atoms with Gasteiger partial charge in [0.25, 0.3) is 5.22 Å². The van der Waals surface area contributed by atoms with E-state index in [1.807, 2.05) is 68.4 Å². The first-order valence-electron chi connectivity index (χ1n) is 8.94. The van der Waals surface area contributed by atoms with Gasteiger partial charge >= 0.3 is 0 Å². The standard InChI is InChI=1S/C21H18N4O2S2/c1-13-7-6-10-16(11-13)19-24-25-21(27-19)28-12-17(26)22-20-23-18(14(2)29-20)15-8-4-3-5-9-15/h3-11H,12H2,1-2H3,(H,22,23,26). The number of thiazole rings is 1. The average Bonchev–Trinajstić information content (AvgIpc) is 3.34. The highest BCUT2D eigenvalue weighted by atomic mass is 32.2. The molecule has 2 aromatic heterocycles. The molecule has 2 aromatic carbocycles. The molecule has 0 aliphatic carbocycles. The minimum Gasteiger partial charge on any atom is -0.411 e. The quantitative estimate of drug-likeness (QED) is 0.430. The van der Waals surface area contributed by atoms with E-state index in [1.165, 1.54) is 23.1 Å². The second-order valence-corrected chi connectivity index (χ2v) is 8.50. The van der Waals surface area contributed by atoms with Crippen LogP contribution in [-0.2, 0) is 4.79 Å². The van der Waals surface area contributed by atoms with Crippen LogP contribution in [0.25, 0.3) is 22.7 Å². The van der Waals surface area contributed by atoms with Crippen molar-refractivity contribution in [3.63, 3.8) is 0 Å². The van der Waals surface area contributed by atoms with Crippen LogP contribution < -0.4 is 5.32 Å². The number of hydrogen-bond donors (Lipinski definition) is 1. The lowest BCUT2D eigenvalue weighted by Gasteiger charge is -1.99. The number of benzene rings is 2. The van der Waals surface area contributed by atoms with Gasteiger partial charge in [-0.05, 0) is 26.0 Å². The van der Waals surface area contributed by atoms with Crippen molar-refractivity contribution in [2.75, 3.05) is 11.1 Å². The maximum Gasteiger partial charge on any atom is 0.277 e. The fraction of sp³-hybridized carbons (Fsp3) is 0.143. The fourth-order valence-corrected chi connectivity index (χ4v) is 4.17. The van der Waals surface area contributed by atoms with Gasteiger partial charge < -0.3 is 9.73 Å². The highest BCUT2D eigenvalue weighted by Gasteiger charge is 2.14. The Hall–Kier alpha value is -2.97. The number of aryl methyl sites for hydroxylation is 2. The van der Waals surface area contributed by atoms with E-state index in [0.717, 1.165) is 27.3 Å². The Morgan fingerprint density at radius 2 is 1.86 bits per heavy atom. The lowest BCUT2D eigenvalue weighted by atomic mass is 10.1. The van der Waals surface area contributed by atoms with Crippen LogP contribution in [0.4, 0.5) is 5.13 Å². The second kappa shape index (κ2) is 8.59. The summed E-state index contributed by atoms with van der Waals surface area (Å²) in [7, 11) is 0. The normalized spacial score (nSPS) is 10.8. The molecule has 1 N–H and O–H groups in total. The van der Waals surface area contributed by atoms with E-state index >= 15 is 0 Å². The van der Waals surface area contributed by atoms with Crippen molar-refractivity contribution >= 4 is 34.1 Å². The summed E-state index contributed by atoms with van der Waals surface area (Å²) in [6.07, 6.45) is 0. The number of carbonyl (C=O) groups excluding carboxylic acids is 1. The molecule has 146 valence electrons. The van der Waals surface area contributed by atoms with Gasteiger partial charge in [0.2, 0.25) is 11.8 Å². The molecule has 0 aliphatic heterocycles. The zero-order valence-electron chi connectivity index (χ0n) is 15.9.